The Morgan fingerprint density at radius 3 is 3.06 bits per heavy atom. The summed E-state index contributed by atoms with van der Waals surface area (Å²) in [6.07, 6.45) is 4.14. The third-order valence-electron chi connectivity index (χ3n) is 3.18. The van der Waals surface area contributed by atoms with Crippen LogP contribution >= 0.6 is 27.3 Å². The normalized spacial score (nSPS) is 16.9. The van der Waals surface area contributed by atoms with E-state index in [1.165, 1.54) is 15.8 Å². The van der Waals surface area contributed by atoms with Crippen LogP contribution in [0.25, 0.3) is 0 Å². The molecule has 2 heterocycles. The van der Waals surface area contributed by atoms with E-state index in [1.807, 2.05) is 4.90 Å². The molecular weight excluding hydrogens is 312 g/mol. The summed E-state index contributed by atoms with van der Waals surface area (Å²) in [7, 11) is 0. The monoisotopic (exact) mass is 330 g/mol. The Kier molecular flexibility index (Phi) is 5.66. The molecule has 1 saturated heterocycles. The lowest BCUT2D eigenvalue weighted by atomic mass is 10.2. The van der Waals surface area contributed by atoms with E-state index in [0.29, 0.717) is 5.91 Å². The number of nitrogens with one attached hydrogen (secondary N) is 1. The summed E-state index contributed by atoms with van der Waals surface area (Å²) in [5.74, 6) is 0.326. The van der Waals surface area contributed by atoms with Gasteiger partial charge in [0, 0.05) is 32.6 Å². The minimum absolute atomic E-state index is 0.326. The lowest BCUT2D eigenvalue weighted by Gasteiger charge is -2.20. The van der Waals surface area contributed by atoms with Crippen LogP contribution in [0.1, 0.15) is 31.2 Å². The number of nitrogens with zero attached hydrogens (tertiary/aromatic N) is 1. The van der Waals surface area contributed by atoms with Gasteiger partial charge < -0.3 is 10.2 Å². The second-order valence-corrected chi connectivity index (χ2v) is 6.92. The minimum atomic E-state index is 0.326. The molecule has 0 saturated carbocycles. The van der Waals surface area contributed by atoms with Gasteiger partial charge in [-0.3, -0.25) is 4.79 Å². The van der Waals surface area contributed by atoms with Crippen molar-refractivity contribution < 1.29 is 4.79 Å². The fraction of sp³-hybridized carbons (Fsp3) is 0.615. The summed E-state index contributed by atoms with van der Waals surface area (Å²) in [6.45, 7) is 3.53. The van der Waals surface area contributed by atoms with E-state index in [1.54, 1.807) is 11.3 Å². The summed E-state index contributed by atoms with van der Waals surface area (Å²) in [5, 5.41) is 5.54. The van der Waals surface area contributed by atoms with E-state index in [2.05, 4.69) is 32.7 Å². The van der Waals surface area contributed by atoms with Crippen molar-refractivity contribution in [3.8, 4) is 0 Å². The third-order valence-corrected chi connectivity index (χ3v) is 4.73. The highest BCUT2D eigenvalue weighted by atomic mass is 79.9. The summed E-state index contributed by atoms with van der Waals surface area (Å²) in [6, 6.07) is 2.13. The van der Waals surface area contributed by atoms with Crippen molar-refractivity contribution in [1.82, 2.24) is 10.2 Å². The highest BCUT2D eigenvalue weighted by molar-refractivity contribution is 9.11. The molecule has 3 nitrogen and oxygen atoms in total. The van der Waals surface area contributed by atoms with Crippen molar-refractivity contribution in [1.29, 1.82) is 0 Å². The molecule has 0 bridgehead atoms. The zero-order chi connectivity index (χ0) is 12.8. The molecule has 100 valence electrons. The predicted molar refractivity (Wildman–Crippen MR) is 78.8 cm³/mol. The summed E-state index contributed by atoms with van der Waals surface area (Å²) >= 11 is 5.16. The van der Waals surface area contributed by atoms with Gasteiger partial charge in [-0.1, -0.05) is 6.42 Å². The second-order valence-electron chi connectivity index (χ2n) is 4.63. The van der Waals surface area contributed by atoms with Crippen LogP contribution in [-0.4, -0.2) is 30.4 Å². The molecule has 18 heavy (non-hydrogen) atoms. The van der Waals surface area contributed by atoms with Crippen molar-refractivity contribution in [2.45, 2.75) is 32.2 Å². The molecule has 1 aromatic heterocycles. The van der Waals surface area contributed by atoms with E-state index in [9.17, 15) is 4.79 Å². The maximum absolute atomic E-state index is 11.8. The van der Waals surface area contributed by atoms with Crippen LogP contribution in [0, 0.1) is 0 Å². The molecular formula is C13H19BrN2OS. The standard InChI is InChI=1S/C13H19BrN2OS/c14-12-8-11(10-18-12)9-15-5-7-16-6-3-1-2-4-13(16)17/h8,10,15H,1-7,9H2. The average molecular weight is 331 g/mol. The number of likely N-dealkylation sites (tertiary alicyclic amines) is 1. The molecule has 2 rings (SSSR count). The Hall–Kier alpha value is -0.390. The van der Waals surface area contributed by atoms with Crippen molar-refractivity contribution >= 4 is 33.2 Å². The topological polar surface area (TPSA) is 32.3 Å². The molecule has 0 aliphatic carbocycles. The van der Waals surface area contributed by atoms with Gasteiger partial charge in [0.05, 0.1) is 3.79 Å². The molecule has 0 atom stereocenters. The lowest BCUT2D eigenvalue weighted by molar-refractivity contribution is -0.130. The molecule has 1 amide bonds. The lowest BCUT2D eigenvalue weighted by Crippen LogP contribution is -2.36. The number of amides is 1. The fourth-order valence-electron chi connectivity index (χ4n) is 2.16. The molecule has 1 aromatic rings. The molecule has 0 aromatic carbocycles. The van der Waals surface area contributed by atoms with E-state index in [0.717, 1.165) is 45.4 Å². The molecule has 0 unspecified atom stereocenters. The van der Waals surface area contributed by atoms with Gasteiger partial charge in [-0.2, -0.15) is 0 Å². The molecule has 0 radical (unpaired) electrons. The van der Waals surface area contributed by atoms with E-state index in [4.69, 9.17) is 0 Å². The summed E-state index contributed by atoms with van der Waals surface area (Å²) in [4.78, 5) is 13.8. The van der Waals surface area contributed by atoms with Gasteiger partial charge >= 0.3 is 0 Å². The highest BCUT2D eigenvalue weighted by Gasteiger charge is 2.15. The van der Waals surface area contributed by atoms with Crippen LogP contribution < -0.4 is 5.32 Å². The molecule has 1 aliphatic heterocycles. The summed E-state index contributed by atoms with van der Waals surface area (Å²) < 4.78 is 1.17. The number of carbonyl (C=O) groups is 1. The maximum atomic E-state index is 11.8. The first-order valence-electron chi connectivity index (χ1n) is 6.47. The Labute approximate surface area is 121 Å². The summed E-state index contributed by atoms with van der Waals surface area (Å²) in [5.41, 5.74) is 1.30. The first-order valence-corrected chi connectivity index (χ1v) is 8.14. The zero-order valence-electron chi connectivity index (χ0n) is 10.5. The number of thiophene rings is 1. The first kappa shape index (κ1) is 14.0. The van der Waals surface area contributed by atoms with Crippen LogP contribution in [0.3, 0.4) is 0 Å². The Balaban J connectivity index is 1.66. The van der Waals surface area contributed by atoms with E-state index >= 15 is 0 Å². The minimum Gasteiger partial charge on any atom is -0.341 e. The van der Waals surface area contributed by atoms with Gasteiger partial charge in [0.25, 0.3) is 0 Å². The average Bonchev–Trinajstić information content (AvgIpc) is 2.65. The van der Waals surface area contributed by atoms with Crippen molar-refractivity contribution in [2.24, 2.45) is 0 Å². The van der Waals surface area contributed by atoms with Gasteiger partial charge in [0.1, 0.15) is 0 Å². The Morgan fingerprint density at radius 1 is 1.39 bits per heavy atom. The number of hydrogen-bond acceptors (Lipinski definition) is 3. The Bertz CT molecular complexity index is 394. The van der Waals surface area contributed by atoms with Crippen LogP contribution in [0.5, 0.6) is 0 Å². The number of halogens is 1. The Morgan fingerprint density at radius 2 is 2.28 bits per heavy atom. The number of carbonyl (C=O) groups excluding carboxylic acids is 1. The smallest absolute Gasteiger partial charge is 0.222 e. The van der Waals surface area contributed by atoms with Crippen molar-refractivity contribution in [3.63, 3.8) is 0 Å². The maximum Gasteiger partial charge on any atom is 0.222 e. The van der Waals surface area contributed by atoms with Crippen LogP contribution in [0.2, 0.25) is 0 Å². The van der Waals surface area contributed by atoms with Gasteiger partial charge in [-0.05, 0) is 45.8 Å². The first-order chi connectivity index (χ1) is 8.75. The second kappa shape index (κ2) is 7.26. The molecule has 1 aliphatic rings. The largest absolute Gasteiger partial charge is 0.341 e. The predicted octanol–water partition coefficient (Wildman–Crippen LogP) is 3.00. The number of rotatable bonds is 5. The van der Waals surface area contributed by atoms with Gasteiger partial charge in [0.2, 0.25) is 5.91 Å². The van der Waals surface area contributed by atoms with Crippen molar-refractivity contribution in [2.75, 3.05) is 19.6 Å². The van der Waals surface area contributed by atoms with Crippen molar-refractivity contribution in [3.05, 3.63) is 20.8 Å². The van der Waals surface area contributed by atoms with Gasteiger partial charge in [-0.25, -0.2) is 0 Å². The van der Waals surface area contributed by atoms with E-state index in [-0.39, 0.29) is 0 Å². The molecule has 5 heteroatoms. The van der Waals surface area contributed by atoms with Gasteiger partial charge in [0.15, 0.2) is 0 Å². The zero-order valence-corrected chi connectivity index (χ0v) is 12.9. The molecule has 0 spiro atoms. The fourth-order valence-corrected chi connectivity index (χ4v) is 3.37. The van der Waals surface area contributed by atoms with Crippen LogP contribution in [0.4, 0.5) is 0 Å². The van der Waals surface area contributed by atoms with Crippen LogP contribution in [0.15, 0.2) is 15.2 Å². The van der Waals surface area contributed by atoms with E-state index < -0.39 is 0 Å². The number of hydrogen-bond donors (Lipinski definition) is 1. The van der Waals surface area contributed by atoms with Gasteiger partial charge in [-0.15, -0.1) is 11.3 Å². The highest BCUT2D eigenvalue weighted by Crippen LogP contribution is 2.20. The molecule has 1 fully saturated rings. The SMILES string of the molecule is O=C1CCCCCN1CCNCc1csc(Br)c1. The quantitative estimate of drug-likeness (QED) is 0.842. The van der Waals surface area contributed by atoms with Crippen LogP contribution in [-0.2, 0) is 11.3 Å². The third kappa shape index (κ3) is 4.37. The molecule has 1 N–H and O–H groups in total.